The lowest BCUT2D eigenvalue weighted by molar-refractivity contribution is 0.638. The van der Waals surface area contributed by atoms with Crippen molar-refractivity contribution in [1.29, 1.82) is 0 Å². The van der Waals surface area contributed by atoms with Gasteiger partial charge in [-0.25, -0.2) is 4.98 Å². The molecule has 0 unspecified atom stereocenters. The molecule has 0 saturated carbocycles. The van der Waals surface area contributed by atoms with Crippen molar-refractivity contribution < 1.29 is 0 Å². The van der Waals surface area contributed by atoms with Crippen LogP contribution in [0.15, 0.2) is 36.8 Å². The maximum atomic E-state index is 4.33. The number of hydrogen-bond donors (Lipinski definition) is 0. The largest absolute Gasteiger partial charge is 0.324 e. The van der Waals surface area contributed by atoms with E-state index in [-0.39, 0.29) is 0 Å². The summed E-state index contributed by atoms with van der Waals surface area (Å²) in [6, 6.07) is 8.06. The Bertz CT molecular complexity index is 622. The third kappa shape index (κ3) is 1.46. The fourth-order valence-corrected chi connectivity index (χ4v) is 1.77. The molecule has 0 radical (unpaired) electrons. The molecule has 0 atom stereocenters. The van der Waals surface area contributed by atoms with Crippen molar-refractivity contribution in [3.63, 3.8) is 0 Å². The molecule has 0 fully saturated rings. The Balaban J connectivity index is 2.00. The molecule has 1 aromatic carbocycles. The highest BCUT2D eigenvalue weighted by atomic mass is 15.4. The third-order valence-corrected chi connectivity index (χ3v) is 2.51. The van der Waals surface area contributed by atoms with Crippen LogP contribution in [0.3, 0.4) is 0 Å². The van der Waals surface area contributed by atoms with Gasteiger partial charge in [0.2, 0.25) is 0 Å². The van der Waals surface area contributed by atoms with Gasteiger partial charge < -0.3 is 4.57 Å². The van der Waals surface area contributed by atoms with E-state index in [2.05, 4.69) is 25.8 Å². The average Bonchev–Trinajstić information content (AvgIpc) is 2.87. The summed E-state index contributed by atoms with van der Waals surface area (Å²) in [4.78, 5) is 5.89. The Morgan fingerprint density at radius 2 is 2.12 bits per heavy atom. The molecule has 80 valence electrons. The fraction of sp³-hybridized carbons (Fsp3) is 0.182. The van der Waals surface area contributed by atoms with Crippen LogP contribution >= 0.6 is 0 Å². The van der Waals surface area contributed by atoms with Gasteiger partial charge in [0.15, 0.2) is 0 Å². The van der Waals surface area contributed by atoms with Crippen LogP contribution in [0.25, 0.3) is 11.0 Å². The summed E-state index contributed by atoms with van der Waals surface area (Å²) in [7, 11) is 1.81. The predicted molar refractivity (Wildman–Crippen MR) is 59.8 cm³/mol. The Labute approximate surface area is 92.3 Å². The number of fused-ring (bicyclic) bond motifs is 1. The summed E-state index contributed by atoms with van der Waals surface area (Å²) in [6.07, 6.45) is 3.61. The number of imidazole rings is 1. The molecule has 5 nitrogen and oxygen atoms in total. The van der Waals surface area contributed by atoms with Gasteiger partial charge in [-0.2, -0.15) is 15.0 Å². The molecule has 3 aromatic rings. The predicted octanol–water partition coefficient (Wildman–Crippen LogP) is 1.21. The van der Waals surface area contributed by atoms with E-state index in [0.29, 0.717) is 6.54 Å². The van der Waals surface area contributed by atoms with E-state index in [1.165, 1.54) is 0 Å². The summed E-state index contributed by atoms with van der Waals surface area (Å²) in [5, 5.41) is 8.30. The van der Waals surface area contributed by atoms with Crippen molar-refractivity contribution in [2.24, 2.45) is 7.05 Å². The van der Waals surface area contributed by atoms with Gasteiger partial charge in [-0.1, -0.05) is 12.1 Å². The first-order valence-electron chi connectivity index (χ1n) is 5.08. The van der Waals surface area contributed by atoms with Gasteiger partial charge in [-0.3, -0.25) is 0 Å². The zero-order valence-corrected chi connectivity index (χ0v) is 8.91. The van der Waals surface area contributed by atoms with Gasteiger partial charge in [0.25, 0.3) is 0 Å². The summed E-state index contributed by atoms with van der Waals surface area (Å²) >= 11 is 0. The minimum atomic E-state index is 0.703. The number of benzene rings is 1. The number of aromatic nitrogens is 5. The van der Waals surface area contributed by atoms with E-state index in [1.54, 1.807) is 11.0 Å². The molecule has 2 aromatic heterocycles. The number of para-hydroxylation sites is 2. The number of hydrogen-bond acceptors (Lipinski definition) is 3. The van der Waals surface area contributed by atoms with Crippen LogP contribution in [0.2, 0.25) is 0 Å². The Kier molecular flexibility index (Phi) is 1.96. The molecule has 0 bridgehead atoms. The molecular formula is C11H11N5. The lowest BCUT2D eigenvalue weighted by Crippen LogP contribution is -2.00. The molecule has 0 aliphatic rings. The molecule has 16 heavy (non-hydrogen) atoms. The quantitative estimate of drug-likeness (QED) is 0.643. The van der Waals surface area contributed by atoms with Crippen molar-refractivity contribution in [3.8, 4) is 0 Å². The first-order valence-corrected chi connectivity index (χ1v) is 5.08. The fourth-order valence-electron chi connectivity index (χ4n) is 1.77. The maximum absolute atomic E-state index is 4.33. The van der Waals surface area contributed by atoms with Crippen molar-refractivity contribution in [1.82, 2.24) is 24.5 Å². The molecular weight excluding hydrogens is 202 g/mol. The first-order chi connectivity index (χ1) is 7.83. The summed E-state index contributed by atoms with van der Waals surface area (Å²) in [6.45, 7) is 0.703. The second-order valence-electron chi connectivity index (χ2n) is 3.69. The smallest absolute Gasteiger partial charge is 0.102 e. The highest BCUT2D eigenvalue weighted by Gasteiger charge is 2.04. The van der Waals surface area contributed by atoms with Gasteiger partial charge in [-0.15, -0.1) is 0 Å². The third-order valence-electron chi connectivity index (χ3n) is 2.51. The van der Waals surface area contributed by atoms with Gasteiger partial charge in [0, 0.05) is 7.05 Å². The summed E-state index contributed by atoms with van der Waals surface area (Å²) in [5.74, 6) is 0. The molecule has 0 amide bonds. The van der Waals surface area contributed by atoms with Crippen LogP contribution in [0.4, 0.5) is 0 Å². The molecule has 5 heteroatoms. The minimum absolute atomic E-state index is 0.703. The van der Waals surface area contributed by atoms with E-state index in [9.17, 15) is 0 Å². The molecule has 0 aliphatic carbocycles. The van der Waals surface area contributed by atoms with E-state index in [4.69, 9.17) is 0 Å². The SMILES string of the molecule is Cn1ncc(Cn2cnc3ccccc32)n1. The van der Waals surface area contributed by atoms with E-state index < -0.39 is 0 Å². The van der Waals surface area contributed by atoms with Gasteiger partial charge in [-0.05, 0) is 12.1 Å². The molecule has 2 heterocycles. The second-order valence-corrected chi connectivity index (χ2v) is 3.69. The Morgan fingerprint density at radius 3 is 2.94 bits per heavy atom. The van der Waals surface area contributed by atoms with Gasteiger partial charge >= 0.3 is 0 Å². The summed E-state index contributed by atoms with van der Waals surface area (Å²) in [5.41, 5.74) is 3.06. The Morgan fingerprint density at radius 1 is 1.25 bits per heavy atom. The zero-order chi connectivity index (χ0) is 11.0. The van der Waals surface area contributed by atoms with E-state index in [1.807, 2.05) is 31.6 Å². The molecule has 0 aliphatic heterocycles. The van der Waals surface area contributed by atoms with E-state index >= 15 is 0 Å². The molecule has 0 N–H and O–H groups in total. The first kappa shape index (κ1) is 9.08. The molecule has 3 rings (SSSR count). The lowest BCUT2D eigenvalue weighted by atomic mass is 10.3. The zero-order valence-electron chi connectivity index (χ0n) is 8.91. The average molecular weight is 213 g/mol. The van der Waals surface area contributed by atoms with Crippen LogP contribution in [0, 0.1) is 0 Å². The monoisotopic (exact) mass is 213 g/mol. The van der Waals surface area contributed by atoms with Crippen molar-refractivity contribution in [2.75, 3.05) is 0 Å². The van der Waals surface area contributed by atoms with Gasteiger partial charge in [0.05, 0.1) is 30.1 Å². The number of nitrogens with zero attached hydrogens (tertiary/aromatic N) is 5. The van der Waals surface area contributed by atoms with Crippen molar-refractivity contribution in [2.45, 2.75) is 6.54 Å². The minimum Gasteiger partial charge on any atom is -0.324 e. The number of aryl methyl sites for hydroxylation is 1. The molecule has 0 spiro atoms. The van der Waals surface area contributed by atoms with Crippen molar-refractivity contribution in [3.05, 3.63) is 42.5 Å². The summed E-state index contributed by atoms with van der Waals surface area (Å²) < 4.78 is 2.07. The lowest BCUT2D eigenvalue weighted by Gasteiger charge is -1.99. The van der Waals surface area contributed by atoms with Crippen LogP contribution < -0.4 is 0 Å². The van der Waals surface area contributed by atoms with E-state index in [0.717, 1.165) is 16.7 Å². The molecule has 0 saturated heterocycles. The number of rotatable bonds is 2. The highest BCUT2D eigenvalue weighted by Crippen LogP contribution is 2.12. The topological polar surface area (TPSA) is 48.5 Å². The Hall–Kier alpha value is -2.17. The van der Waals surface area contributed by atoms with Crippen LogP contribution in [-0.2, 0) is 13.6 Å². The second kappa shape index (κ2) is 3.44. The maximum Gasteiger partial charge on any atom is 0.102 e. The van der Waals surface area contributed by atoms with Crippen LogP contribution in [-0.4, -0.2) is 24.5 Å². The van der Waals surface area contributed by atoms with Gasteiger partial charge in [0.1, 0.15) is 5.69 Å². The van der Waals surface area contributed by atoms with Crippen LogP contribution in [0.5, 0.6) is 0 Å². The highest BCUT2D eigenvalue weighted by molar-refractivity contribution is 5.74. The standard InChI is InChI=1S/C11H11N5/c1-15-13-6-9(14-15)7-16-8-12-10-4-2-3-5-11(10)16/h2-6,8H,7H2,1H3. The normalized spacial score (nSPS) is 11.1. The van der Waals surface area contributed by atoms with Crippen molar-refractivity contribution >= 4 is 11.0 Å². The van der Waals surface area contributed by atoms with Crippen LogP contribution in [0.1, 0.15) is 5.69 Å².